The average molecular weight is 386 g/mol. The molecule has 2 aliphatic rings. The van der Waals surface area contributed by atoms with Crippen molar-refractivity contribution in [1.29, 1.82) is 0 Å². The topological polar surface area (TPSA) is 62.5 Å². The fourth-order valence-electron chi connectivity index (χ4n) is 3.37. The van der Waals surface area contributed by atoms with Crippen molar-refractivity contribution in [2.45, 2.75) is 31.6 Å². The van der Waals surface area contributed by atoms with Crippen molar-refractivity contribution in [3.05, 3.63) is 30.2 Å². The van der Waals surface area contributed by atoms with Crippen LogP contribution >= 0.6 is 24.8 Å². The second-order valence-electron chi connectivity index (χ2n) is 6.74. The maximum Gasteiger partial charge on any atom is 0.236 e. The molecule has 6 nitrogen and oxygen atoms in total. The first-order chi connectivity index (χ1) is 11.3. The third kappa shape index (κ3) is 4.63. The summed E-state index contributed by atoms with van der Waals surface area (Å²) in [6.07, 6.45) is 6.72. The Kier molecular flexibility index (Phi) is 7.04. The zero-order valence-electron chi connectivity index (χ0n) is 14.1. The van der Waals surface area contributed by atoms with Crippen molar-refractivity contribution in [3.8, 4) is 0 Å². The van der Waals surface area contributed by atoms with Crippen LogP contribution in [-0.2, 0) is 4.79 Å². The number of aromatic nitrogens is 3. The van der Waals surface area contributed by atoms with Gasteiger partial charge < -0.3 is 10.2 Å². The third-order valence-corrected chi connectivity index (χ3v) is 4.89. The van der Waals surface area contributed by atoms with E-state index in [4.69, 9.17) is 0 Å². The Morgan fingerprint density at radius 1 is 1.20 bits per heavy atom. The summed E-state index contributed by atoms with van der Waals surface area (Å²) in [6.45, 7) is 3.05. The highest BCUT2D eigenvalue weighted by atomic mass is 35.5. The van der Waals surface area contributed by atoms with E-state index in [-0.39, 0.29) is 36.6 Å². The number of nitrogens with zero attached hydrogens (tertiary/aromatic N) is 4. The summed E-state index contributed by atoms with van der Waals surface area (Å²) in [5, 5.41) is 11.9. The molecule has 1 amide bonds. The largest absolute Gasteiger partial charge is 0.341 e. The predicted octanol–water partition coefficient (Wildman–Crippen LogP) is 2.28. The molecule has 4 rings (SSSR count). The highest BCUT2D eigenvalue weighted by molar-refractivity contribution is 5.85. The lowest BCUT2D eigenvalue weighted by molar-refractivity contribution is -0.131. The summed E-state index contributed by atoms with van der Waals surface area (Å²) in [5.74, 6) is 2.26. The van der Waals surface area contributed by atoms with E-state index in [0.717, 1.165) is 49.9 Å². The Bertz CT molecular complexity index is 703. The number of pyridine rings is 1. The standard InChI is InChI=1S/C17H23N5O.2ClH/c23-16(11-18-10-13-6-7-13)21-8-3-4-14(12-21)17-20-19-15-5-1-2-9-22(15)17;;/h1-2,5,9,13-14,18H,3-4,6-8,10-12H2;2*1H. The molecule has 3 heterocycles. The van der Waals surface area contributed by atoms with Crippen molar-refractivity contribution >= 4 is 36.4 Å². The van der Waals surface area contributed by atoms with Crippen molar-refractivity contribution in [1.82, 2.24) is 24.8 Å². The van der Waals surface area contributed by atoms with Crippen molar-refractivity contribution in [3.63, 3.8) is 0 Å². The van der Waals surface area contributed by atoms with Gasteiger partial charge in [-0.3, -0.25) is 9.20 Å². The van der Waals surface area contributed by atoms with E-state index >= 15 is 0 Å². The number of carbonyl (C=O) groups excluding carboxylic acids is 1. The predicted molar refractivity (Wildman–Crippen MR) is 102 cm³/mol. The van der Waals surface area contributed by atoms with Crippen LogP contribution in [0.15, 0.2) is 24.4 Å². The van der Waals surface area contributed by atoms with Gasteiger partial charge in [-0.25, -0.2) is 0 Å². The van der Waals surface area contributed by atoms with Gasteiger partial charge in [0.05, 0.1) is 6.54 Å². The third-order valence-electron chi connectivity index (χ3n) is 4.89. The van der Waals surface area contributed by atoms with Crippen LogP contribution in [-0.4, -0.2) is 51.6 Å². The van der Waals surface area contributed by atoms with Gasteiger partial charge in [0.25, 0.3) is 0 Å². The summed E-state index contributed by atoms with van der Waals surface area (Å²) >= 11 is 0. The van der Waals surface area contributed by atoms with Gasteiger partial charge in [-0.15, -0.1) is 35.0 Å². The van der Waals surface area contributed by atoms with E-state index in [0.29, 0.717) is 6.54 Å². The van der Waals surface area contributed by atoms with Crippen molar-refractivity contribution in [2.24, 2.45) is 5.92 Å². The van der Waals surface area contributed by atoms with Gasteiger partial charge in [-0.05, 0) is 50.3 Å². The number of amides is 1. The summed E-state index contributed by atoms with van der Waals surface area (Å²) in [4.78, 5) is 14.4. The highest BCUT2D eigenvalue weighted by Gasteiger charge is 2.28. The van der Waals surface area contributed by atoms with Gasteiger partial charge in [-0.2, -0.15) is 0 Å². The van der Waals surface area contributed by atoms with E-state index in [1.54, 1.807) is 0 Å². The maximum atomic E-state index is 12.4. The molecule has 8 heteroatoms. The lowest BCUT2D eigenvalue weighted by Gasteiger charge is -2.32. The summed E-state index contributed by atoms with van der Waals surface area (Å²) in [7, 11) is 0. The molecule has 1 aliphatic heterocycles. The summed E-state index contributed by atoms with van der Waals surface area (Å²) in [6, 6.07) is 5.92. The minimum atomic E-state index is 0. The number of halogens is 2. The van der Waals surface area contributed by atoms with Crippen LogP contribution in [0.2, 0.25) is 0 Å². The monoisotopic (exact) mass is 385 g/mol. The molecule has 2 fully saturated rings. The van der Waals surface area contributed by atoms with Crippen LogP contribution in [0.5, 0.6) is 0 Å². The van der Waals surface area contributed by atoms with Gasteiger partial charge in [0.2, 0.25) is 5.91 Å². The number of likely N-dealkylation sites (tertiary alicyclic amines) is 1. The van der Waals surface area contributed by atoms with E-state index in [1.165, 1.54) is 12.8 Å². The van der Waals surface area contributed by atoms with Crippen LogP contribution < -0.4 is 5.32 Å². The Hall–Kier alpha value is -1.37. The molecule has 1 saturated carbocycles. The molecule has 25 heavy (non-hydrogen) atoms. The molecule has 138 valence electrons. The lowest BCUT2D eigenvalue weighted by Crippen LogP contribution is -2.44. The molecule has 0 radical (unpaired) electrons. The summed E-state index contributed by atoms with van der Waals surface area (Å²) < 4.78 is 2.05. The minimum Gasteiger partial charge on any atom is -0.341 e. The zero-order chi connectivity index (χ0) is 15.6. The van der Waals surface area contributed by atoms with Crippen LogP contribution in [0.3, 0.4) is 0 Å². The van der Waals surface area contributed by atoms with Crippen LogP contribution in [0.25, 0.3) is 5.65 Å². The first kappa shape index (κ1) is 19.9. The molecule has 0 bridgehead atoms. The minimum absolute atomic E-state index is 0. The van der Waals surface area contributed by atoms with E-state index < -0.39 is 0 Å². The van der Waals surface area contributed by atoms with E-state index in [2.05, 4.69) is 15.5 Å². The molecular formula is C17H25Cl2N5O. The number of carbonyl (C=O) groups is 1. The number of hydrogen-bond donors (Lipinski definition) is 1. The van der Waals surface area contributed by atoms with Crippen LogP contribution in [0.1, 0.15) is 37.4 Å². The first-order valence-electron chi connectivity index (χ1n) is 8.59. The smallest absolute Gasteiger partial charge is 0.236 e. The molecule has 2 aromatic rings. The maximum absolute atomic E-state index is 12.4. The van der Waals surface area contributed by atoms with Gasteiger partial charge in [0.1, 0.15) is 5.82 Å². The molecule has 1 N–H and O–H groups in total. The number of piperidine rings is 1. The molecule has 1 aliphatic carbocycles. The second-order valence-corrected chi connectivity index (χ2v) is 6.74. The van der Waals surface area contributed by atoms with Crippen molar-refractivity contribution in [2.75, 3.05) is 26.2 Å². The average Bonchev–Trinajstić information content (AvgIpc) is 3.31. The molecule has 0 spiro atoms. The van der Waals surface area contributed by atoms with Gasteiger partial charge in [0, 0.05) is 25.2 Å². The Balaban J connectivity index is 0.00000113. The lowest BCUT2D eigenvalue weighted by atomic mass is 9.97. The second kappa shape index (κ2) is 8.83. The molecule has 1 saturated heterocycles. The fraction of sp³-hybridized carbons (Fsp3) is 0.588. The van der Waals surface area contributed by atoms with Crippen LogP contribution in [0, 0.1) is 5.92 Å². The molecule has 1 unspecified atom stereocenters. The number of fused-ring (bicyclic) bond motifs is 1. The van der Waals surface area contributed by atoms with Gasteiger partial charge in [-0.1, -0.05) is 6.07 Å². The summed E-state index contributed by atoms with van der Waals surface area (Å²) in [5.41, 5.74) is 0.872. The molecular weight excluding hydrogens is 361 g/mol. The number of hydrogen-bond acceptors (Lipinski definition) is 4. The van der Waals surface area contributed by atoms with Gasteiger partial charge >= 0.3 is 0 Å². The first-order valence-corrected chi connectivity index (χ1v) is 8.59. The van der Waals surface area contributed by atoms with E-state index in [1.807, 2.05) is 33.7 Å². The Morgan fingerprint density at radius 3 is 2.84 bits per heavy atom. The number of nitrogens with one attached hydrogen (secondary N) is 1. The quantitative estimate of drug-likeness (QED) is 0.857. The van der Waals surface area contributed by atoms with Gasteiger partial charge in [0.15, 0.2) is 5.65 Å². The SMILES string of the molecule is Cl.Cl.O=C(CNCC1CC1)N1CCCC(c2nnc3ccccn23)C1. The normalized spacial score (nSPS) is 20.0. The fourth-order valence-corrected chi connectivity index (χ4v) is 3.37. The highest BCUT2D eigenvalue weighted by Crippen LogP contribution is 2.28. The Morgan fingerprint density at radius 2 is 2.04 bits per heavy atom. The van der Waals surface area contributed by atoms with Crippen molar-refractivity contribution < 1.29 is 4.79 Å². The molecule has 2 aromatic heterocycles. The zero-order valence-corrected chi connectivity index (χ0v) is 15.8. The molecule has 0 aromatic carbocycles. The Labute approximate surface area is 160 Å². The molecule has 1 atom stereocenters. The van der Waals surface area contributed by atoms with E-state index in [9.17, 15) is 4.79 Å². The number of rotatable bonds is 5. The van der Waals surface area contributed by atoms with Crippen LogP contribution in [0.4, 0.5) is 0 Å².